The Bertz CT molecular complexity index is 498. The third kappa shape index (κ3) is 2.10. The van der Waals surface area contributed by atoms with Gasteiger partial charge < -0.3 is 4.52 Å². The molecule has 0 saturated carbocycles. The van der Waals surface area contributed by atoms with Crippen LogP contribution in [0.15, 0.2) is 21.3 Å². The first kappa shape index (κ1) is 11.9. The smallest absolute Gasteiger partial charge is 0.138 e. The first-order valence-electron chi connectivity index (χ1n) is 6.43. The van der Waals surface area contributed by atoms with Crippen molar-refractivity contribution in [3.63, 3.8) is 0 Å². The van der Waals surface area contributed by atoms with Crippen LogP contribution in [0.2, 0.25) is 0 Å². The molecule has 3 nitrogen and oxygen atoms in total. The van der Waals surface area contributed by atoms with E-state index in [1.54, 1.807) is 11.3 Å². The van der Waals surface area contributed by atoms with Gasteiger partial charge in [0.05, 0.1) is 5.69 Å². The highest BCUT2D eigenvalue weighted by Gasteiger charge is 2.30. The zero-order valence-electron chi connectivity index (χ0n) is 10.8. The predicted molar refractivity (Wildman–Crippen MR) is 72.7 cm³/mol. The van der Waals surface area contributed by atoms with E-state index >= 15 is 0 Å². The first-order valence-corrected chi connectivity index (χ1v) is 7.38. The van der Waals surface area contributed by atoms with E-state index in [0.29, 0.717) is 6.04 Å². The summed E-state index contributed by atoms with van der Waals surface area (Å²) in [4.78, 5) is 2.55. The summed E-state index contributed by atoms with van der Waals surface area (Å²) < 4.78 is 5.32. The molecule has 0 aromatic carbocycles. The third-order valence-corrected chi connectivity index (χ3v) is 4.48. The second-order valence-corrected chi connectivity index (χ2v) is 5.78. The summed E-state index contributed by atoms with van der Waals surface area (Å²) in [6.07, 6.45) is 2.48. The minimum atomic E-state index is 0.483. The van der Waals surface area contributed by atoms with Crippen LogP contribution in [0.4, 0.5) is 0 Å². The Morgan fingerprint density at radius 2 is 2.39 bits per heavy atom. The van der Waals surface area contributed by atoms with Crippen LogP contribution in [-0.2, 0) is 6.54 Å². The molecule has 2 aromatic heterocycles. The third-order valence-electron chi connectivity index (χ3n) is 3.75. The fraction of sp³-hybridized carbons (Fsp3) is 0.500. The molecule has 0 amide bonds. The molecule has 2 aromatic rings. The Kier molecular flexibility index (Phi) is 3.22. The summed E-state index contributed by atoms with van der Waals surface area (Å²) in [5.41, 5.74) is 3.77. The maximum Gasteiger partial charge on any atom is 0.138 e. The molecule has 0 aliphatic carbocycles. The zero-order chi connectivity index (χ0) is 12.5. The van der Waals surface area contributed by atoms with Gasteiger partial charge in [-0.15, -0.1) is 0 Å². The summed E-state index contributed by atoms with van der Waals surface area (Å²) in [5, 5.41) is 8.48. The highest BCUT2D eigenvalue weighted by atomic mass is 32.1. The lowest BCUT2D eigenvalue weighted by atomic mass is 10.0. The van der Waals surface area contributed by atoms with Gasteiger partial charge in [-0.25, -0.2) is 0 Å². The molecular formula is C14H18N2OS. The first-order chi connectivity index (χ1) is 8.75. The van der Waals surface area contributed by atoms with Crippen LogP contribution in [0.25, 0.3) is 0 Å². The summed E-state index contributed by atoms with van der Waals surface area (Å²) in [7, 11) is 0. The molecule has 4 heteroatoms. The maximum absolute atomic E-state index is 5.32. The number of likely N-dealkylation sites (tertiary alicyclic amines) is 1. The molecule has 0 radical (unpaired) electrons. The predicted octanol–water partition coefficient (Wildman–Crippen LogP) is 3.69. The Balaban J connectivity index is 1.83. The van der Waals surface area contributed by atoms with Crippen molar-refractivity contribution in [3.8, 4) is 0 Å². The van der Waals surface area contributed by atoms with Gasteiger partial charge >= 0.3 is 0 Å². The summed E-state index contributed by atoms with van der Waals surface area (Å²) >= 11 is 1.77. The Morgan fingerprint density at radius 1 is 1.50 bits per heavy atom. The van der Waals surface area contributed by atoms with Crippen molar-refractivity contribution in [2.45, 2.75) is 39.3 Å². The summed E-state index contributed by atoms with van der Waals surface area (Å²) in [6, 6.07) is 2.70. The van der Waals surface area contributed by atoms with Gasteiger partial charge in [-0.05, 0) is 55.6 Å². The van der Waals surface area contributed by atoms with E-state index in [2.05, 4.69) is 26.9 Å². The topological polar surface area (TPSA) is 29.3 Å². The Hall–Kier alpha value is -1.13. The van der Waals surface area contributed by atoms with E-state index < -0.39 is 0 Å². The highest BCUT2D eigenvalue weighted by molar-refractivity contribution is 7.07. The quantitative estimate of drug-likeness (QED) is 0.844. The van der Waals surface area contributed by atoms with Crippen molar-refractivity contribution < 1.29 is 4.52 Å². The average molecular weight is 262 g/mol. The molecule has 0 unspecified atom stereocenters. The van der Waals surface area contributed by atoms with Gasteiger partial charge in [0.2, 0.25) is 0 Å². The minimum Gasteiger partial charge on any atom is -0.361 e. The molecular weight excluding hydrogens is 244 g/mol. The van der Waals surface area contributed by atoms with Crippen LogP contribution >= 0.6 is 11.3 Å². The normalized spacial score (nSPS) is 20.7. The molecule has 96 valence electrons. The van der Waals surface area contributed by atoms with Crippen molar-refractivity contribution in [2.24, 2.45) is 0 Å². The van der Waals surface area contributed by atoms with E-state index in [1.165, 1.54) is 30.5 Å². The van der Waals surface area contributed by atoms with Gasteiger partial charge in [0.25, 0.3) is 0 Å². The number of aromatic nitrogens is 1. The second kappa shape index (κ2) is 4.86. The van der Waals surface area contributed by atoms with Crippen LogP contribution in [0.1, 0.15) is 41.5 Å². The van der Waals surface area contributed by atoms with Crippen molar-refractivity contribution in [3.05, 3.63) is 39.4 Å². The Labute approximate surface area is 111 Å². The molecule has 1 aliphatic rings. The number of nitrogens with zero attached hydrogens (tertiary/aromatic N) is 2. The fourth-order valence-electron chi connectivity index (χ4n) is 2.93. The van der Waals surface area contributed by atoms with Crippen LogP contribution < -0.4 is 0 Å². The highest BCUT2D eigenvalue weighted by Crippen LogP contribution is 2.36. The van der Waals surface area contributed by atoms with E-state index in [4.69, 9.17) is 4.52 Å². The number of rotatable bonds is 3. The Morgan fingerprint density at radius 3 is 3.06 bits per heavy atom. The number of hydrogen-bond donors (Lipinski definition) is 0. The molecule has 1 fully saturated rings. The van der Waals surface area contributed by atoms with Gasteiger partial charge in [0, 0.05) is 18.2 Å². The monoisotopic (exact) mass is 262 g/mol. The molecule has 0 N–H and O–H groups in total. The van der Waals surface area contributed by atoms with Crippen LogP contribution in [-0.4, -0.2) is 16.6 Å². The largest absolute Gasteiger partial charge is 0.361 e. The lowest BCUT2D eigenvalue weighted by Gasteiger charge is -2.24. The number of aryl methyl sites for hydroxylation is 2. The van der Waals surface area contributed by atoms with Crippen LogP contribution in [0.5, 0.6) is 0 Å². The van der Waals surface area contributed by atoms with Gasteiger partial charge in [0.15, 0.2) is 0 Å². The van der Waals surface area contributed by atoms with Gasteiger partial charge in [-0.3, -0.25) is 4.90 Å². The molecule has 1 atom stereocenters. The van der Waals surface area contributed by atoms with Crippen molar-refractivity contribution >= 4 is 11.3 Å². The van der Waals surface area contributed by atoms with Crippen LogP contribution in [0.3, 0.4) is 0 Å². The lowest BCUT2D eigenvalue weighted by molar-refractivity contribution is 0.246. The van der Waals surface area contributed by atoms with Gasteiger partial charge in [-0.2, -0.15) is 11.3 Å². The van der Waals surface area contributed by atoms with Gasteiger partial charge in [0.1, 0.15) is 5.76 Å². The molecule has 0 bridgehead atoms. The molecule has 3 heterocycles. The minimum absolute atomic E-state index is 0.483. The lowest BCUT2D eigenvalue weighted by Crippen LogP contribution is -2.23. The van der Waals surface area contributed by atoms with Gasteiger partial charge in [-0.1, -0.05) is 5.16 Å². The zero-order valence-corrected chi connectivity index (χ0v) is 11.7. The van der Waals surface area contributed by atoms with Crippen LogP contribution in [0, 0.1) is 13.8 Å². The molecule has 1 aliphatic heterocycles. The maximum atomic E-state index is 5.32. The van der Waals surface area contributed by atoms with E-state index in [0.717, 1.165) is 18.0 Å². The number of hydrogen-bond acceptors (Lipinski definition) is 4. The molecule has 3 rings (SSSR count). The van der Waals surface area contributed by atoms with E-state index in [9.17, 15) is 0 Å². The number of thiophene rings is 1. The average Bonchev–Trinajstić information content (AvgIpc) is 3.04. The summed E-state index contributed by atoms with van der Waals surface area (Å²) in [5.74, 6) is 0.981. The van der Waals surface area contributed by atoms with Crippen molar-refractivity contribution in [1.29, 1.82) is 0 Å². The van der Waals surface area contributed by atoms with Crippen molar-refractivity contribution in [2.75, 3.05) is 6.54 Å². The molecule has 18 heavy (non-hydrogen) atoms. The second-order valence-electron chi connectivity index (χ2n) is 5.00. The van der Waals surface area contributed by atoms with E-state index in [1.807, 2.05) is 13.8 Å². The van der Waals surface area contributed by atoms with E-state index in [-0.39, 0.29) is 0 Å². The SMILES string of the molecule is Cc1noc(C)c1[C@H]1CCCN1Cc1ccsc1. The van der Waals surface area contributed by atoms with Crippen molar-refractivity contribution in [1.82, 2.24) is 10.1 Å². The summed E-state index contributed by atoms with van der Waals surface area (Å²) in [6.45, 7) is 6.28. The fourth-order valence-corrected chi connectivity index (χ4v) is 3.59. The standard InChI is InChI=1S/C14H18N2OS/c1-10-14(11(2)17-15-10)13-4-3-6-16(13)8-12-5-7-18-9-12/h5,7,9,13H,3-4,6,8H2,1-2H3/t13-/m1/s1. The molecule has 0 spiro atoms. The molecule has 1 saturated heterocycles.